The fourth-order valence-electron chi connectivity index (χ4n) is 7.88. The van der Waals surface area contributed by atoms with Gasteiger partial charge >= 0.3 is 5.97 Å². The Morgan fingerprint density at radius 2 is 1.79 bits per heavy atom. The van der Waals surface area contributed by atoms with Crippen molar-refractivity contribution in [2.24, 2.45) is 26.8 Å². The predicted octanol–water partition coefficient (Wildman–Crippen LogP) is 9.23. The molecule has 1 saturated heterocycles. The molecule has 0 aromatic heterocycles. The lowest BCUT2D eigenvalue weighted by Gasteiger charge is -2.17. The summed E-state index contributed by atoms with van der Waals surface area (Å²) in [5.74, 6) is -0.661. The average Bonchev–Trinajstić information content (AvgIpc) is 3.81. The third-order valence-corrected chi connectivity index (χ3v) is 11.4. The fraction of sp³-hybridized carbons (Fsp3) is 0.487. The zero-order chi connectivity index (χ0) is 34.4. The van der Waals surface area contributed by atoms with E-state index in [1.165, 1.54) is 12.8 Å². The van der Waals surface area contributed by atoms with Crippen molar-refractivity contribution in [3.8, 4) is 0 Å². The smallest absolute Gasteiger partial charge is 0.303 e. The summed E-state index contributed by atoms with van der Waals surface area (Å²) < 4.78 is 7.30. The highest BCUT2D eigenvalue weighted by molar-refractivity contribution is 9.12. The van der Waals surface area contributed by atoms with E-state index in [-0.39, 0.29) is 24.4 Å². The third-order valence-electron chi connectivity index (χ3n) is 10.6. The number of hydrogen-bond donors (Lipinski definition) is 3. The highest BCUT2D eigenvalue weighted by Gasteiger charge is 2.42. The topological polar surface area (TPSA) is 116 Å². The zero-order valence-electron chi connectivity index (χ0n) is 29.2. The van der Waals surface area contributed by atoms with Crippen LogP contribution in [-0.4, -0.2) is 46.0 Å². The van der Waals surface area contributed by atoms with Crippen LogP contribution in [0.1, 0.15) is 99.8 Å². The van der Waals surface area contributed by atoms with Gasteiger partial charge in [0.1, 0.15) is 5.76 Å². The predicted molar refractivity (Wildman–Crippen MR) is 196 cm³/mol. The Morgan fingerprint density at radius 3 is 2.50 bits per heavy atom. The number of nitrogens with zero attached hydrogens (tertiary/aromatic N) is 3. The second-order valence-electron chi connectivity index (χ2n) is 13.6. The number of aliphatic hydroxyl groups is 1. The van der Waals surface area contributed by atoms with Crippen molar-refractivity contribution in [1.29, 1.82) is 0 Å². The second-order valence-corrected chi connectivity index (χ2v) is 14.4. The Labute approximate surface area is 292 Å². The Hall–Kier alpha value is -3.56. The zero-order valence-corrected chi connectivity index (χ0v) is 30.8. The number of carboxylic acids is 1. The molecule has 1 fully saturated rings. The van der Waals surface area contributed by atoms with Crippen molar-refractivity contribution in [2.45, 2.75) is 106 Å². The van der Waals surface area contributed by atoms with E-state index in [2.05, 4.69) is 68.9 Å². The van der Waals surface area contributed by atoms with E-state index < -0.39 is 5.97 Å². The molecular formula is C39H47BrN4O4. The summed E-state index contributed by atoms with van der Waals surface area (Å²) in [6.07, 6.45) is 10.2. The van der Waals surface area contributed by atoms with E-state index >= 15 is 0 Å². The molecule has 1 aliphatic carbocycles. The Morgan fingerprint density at radius 1 is 1.02 bits per heavy atom. The summed E-state index contributed by atoms with van der Waals surface area (Å²) in [4.78, 5) is 27.3. The Kier molecular flexibility index (Phi) is 9.83. The van der Waals surface area contributed by atoms with E-state index in [4.69, 9.17) is 19.7 Å². The van der Waals surface area contributed by atoms with Gasteiger partial charge in [0.2, 0.25) is 0 Å². The second kappa shape index (κ2) is 13.7. The maximum Gasteiger partial charge on any atom is 0.303 e. The van der Waals surface area contributed by atoms with Crippen LogP contribution in [0.2, 0.25) is 0 Å². The molecule has 6 aliphatic rings. The fourth-order valence-corrected chi connectivity index (χ4v) is 8.73. The number of hydrogen-bond acceptors (Lipinski definition) is 7. The summed E-state index contributed by atoms with van der Waals surface area (Å²) in [7, 11) is 0. The van der Waals surface area contributed by atoms with Gasteiger partial charge in [0.15, 0.2) is 0 Å². The van der Waals surface area contributed by atoms with Gasteiger partial charge in [0.05, 0.1) is 44.8 Å². The van der Waals surface area contributed by atoms with Crippen LogP contribution in [-0.2, 0) is 9.53 Å². The Bertz CT molecular complexity index is 1820. The highest BCUT2D eigenvalue weighted by atomic mass is 79.9. The molecule has 0 amide bonds. The molecule has 0 saturated carbocycles. The minimum Gasteiger partial charge on any atom is -0.511 e. The molecule has 8 bridgehead atoms. The summed E-state index contributed by atoms with van der Waals surface area (Å²) in [5.41, 5.74) is 13.9. The molecule has 254 valence electrons. The van der Waals surface area contributed by atoms with Gasteiger partial charge in [-0.2, -0.15) is 0 Å². The average molecular weight is 716 g/mol. The van der Waals surface area contributed by atoms with Crippen LogP contribution in [0.4, 0.5) is 0 Å². The number of ether oxygens (including phenoxy) is 1. The highest BCUT2D eigenvalue weighted by Crippen LogP contribution is 2.48. The van der Waals surface area contributed by atoms with E-state index in [0.29, 0.717) is 25.2 Å². The van der Waals surface area contributed by atoms with E-state index in [9.17, 15) is 15.0 Å². The molecule has 0 aromatic rings. The molecule has 8 nitrogen and oxygen atoms in total. The van der Waals surface area contributed by atoms with Crippen LogP contribution in [0.3, 0.4) is 0 Å². The molecule has 0 aromatic carbocycles. The molecule has 6 rings (SSSR count). The molecule has 3 atom stereocenters. The number of fused-ring (bicyclic) bond motifs is 5. The monoisotopic (exact) mass is 714 g/mol. The van der Waals surface area contributed by atoms with E-state index in [1.54, 1.807) is 0 Å². The van der Waals surface area contributed by atoms with Crippen LogP contribution in [0, 0.1) is 11.8 Å². The van der Waals surface area contributed by atoms with Crippen LogP contribution in [0.25, 0.3) is 0 Å². The van der Waals surface area contributed by atoms with Crippen LogP contribution < -0.4 is 5.32 Å². The molecular weight excluding hydrogens is 668 g/mol. The van der Waals surface area contributed by atoms with Crippen molar-refractivity contribution in [3.05, 3.63) is 89.9 Å². The maximum absolute atomic E-state index is 11.8. The number of carboxylic acid groups (broad SMARTS) is 1. The van der Waals surface area contributed by atoms with Crippen molar-refractivity contribution in [3.63, 3.8) is 0 Å². The lowest BCUT2D eigenvalue weighted by molar-refractivity contribution is -0.137. The number of rotatable bonds is 11. The van der Waals surface area contributed by atoms with Gasteiger partial charge in [-0.15, -0.1) is 0 Å². The number of unbranched alkanes of at least 4 members (excludes halogenated alkanes) is 3. The van der Waals surface area contributed by atoms with Crippen molar-refractivity contribution in [1.82, 2.24) is 5.32 Å². The first-order valence-corrected chi connectivity index (χ1v) is 18.2. The van der Waals surface area contributed by atoms with Gasteiger partial charge in [-0.25, -0.2) is 15.0 Å². The quantitative estimate of drug-likeness (QED) is 0.185. The lowest BCUT2D eigenvalue weighted by Crippen LogP contribution is -2.16. The Balaban J connectivity index is 1.55. The summed E-state index contributed by atoms with van der Waals surface area (Å²) >= 11 is 3.98. The molecule has 48 heavy (non-hydrogen) atoms. The SMILES string of the molecule is CCCCCCOC(C)C1=C(C)C2=NC1=CC1=NC(=CC3=C(C)C4=C(O)CC(=C5NC(=C2Br)C(C)C5CCC(=O)O)C4=N3)C(CC)=C1C. The summed E-state index contributed by atoms with van der Waals surface area (Å²) in [6.45, 7) is 15.5. The minimum atomic E-state index is -0.826. The number of nitrogens with one attached hydrogen (secondary N) is 1. The van der Waals surface area contributed by atoms with Crippen molar-refractivity contribution >= 4 is 39.0 Å². The van der Waals surface area contributed by atoms with E-state index in [1.807, 2.05) is 13.0 Å². The minimum absolute atomic E-state index is 0.0300. The van der Waals surface area contributed by atoms with Gasteiger partial charge in [-0.1, -0.05) is 40.0 Å². The molecule has 3 N–H and O–H groups in total. The first-order valence-electron chi connectivity index (χ1n) is 17.5. The van der Waals surface area contributed by atoms with Crippen LogP contribution in [0.15, 0.2) is 105 Å². The first kappa shape index (κ1) is 34.3. The van der Waals surface area contributed by atoms with Gasteiger partial charge < -0.3 is 20.3 Å². The number of aliphatic imine (C=N–C) groups is 3. The van der Waals surface area contributed by atoms with Gasteiger partial charge in [0, 0.05) is 59.4 Å². The van der Waals surface area contributed by atoms with Gasteiger partial charge in [-0.3, -0.25) is 4.79 Å². The number of allylic oxidation sites excluding steroid dienone is 11. The number of aliphatic hydroxyl groups excluding tert-OH is 1. The lowest BCUT2D eigenvalue weighted by atomic mass is 9.86. The number of aliphatic carboxylic acids is 1. The normalized spacial score (nSPS) is 24.1. The van der Waals surface area contributed by atoms with Crippen LogP contribution in [0.5, 0.6) is 0 Å². The third kappa shape index (κ3) is 5.98. The van der Waals surface area contributed by atoms with E-state index in [0.717, 1.165) is 108 Å². The first-order chi connectivity index (χ1) is 23.0. The van der Waals surface area contributed by atoms with Gasteiger partial charge in [-0.05, 0) is 97.3 Å². The summed E-state index contributed by atoms with van der Waals surface area (Å²) in [6, 6.07) is 0. The molecule has 5 aliphatic heterocycles. The number of halogens is 1. The molecule has 9 heteroatoms. The molecule has 0 spiro atoms. The van der Waals surface area contributed by atoms with Crippen molar-refractivity contribution < 1.29 is 19.7 Å². The molecule has 3 unspecified atom stereocenters. The van der Waals surface area contributed by atoms with Gasteiger partial charge in [0.25, 0.3) is 0 Å². The molecule has 5 heterocycles. The molecule has 0 radical (unpaired) electrons. The largest absolute Gasteiger partial charge is 0.511 e. The standard InChI is InChI=1S/C39H47BrN4O4/c1-8-10-11-12-15-48-23(7)33-22(6)37-35(40)36-20(4)25(13-14-32(46)47)38(44-36)26-16-31(45)34-21(5)28(42-39(26)34)17-29-24(9-2)19(3)27(41-29)18-30(33)43-37/h17-18,20,23,25,44-45H,8-16H2,1-7H3,(H,46,47). The van der Waals surface area contributed by atoms with Crippen molar-refractivity contribution in [2.75, 3.05) is 6.61 Å². The van der Waals surface area contributed by atoms with Crippen LogP contribution >= 0.6 is 15.9 Å². The summed E-state index contributed by atoms with van der Waals surface area (Å²) in [5, 5.41) is 24.7. The maximum atomic E-state index is 11.8. The number of carbonyl (C=O) groups is 1.